The van der Waals surface area contributed by atoms with Gasteiger partial charge in [0.15, 0.2) is 0 Å². The van der Waals surface area contributed by atoms with E-state index >= 15 is 0 Å². The molecule has 0 atom stereocenters. The SMILES string of the molecule is COC(=O)CCC(=O)N1CCN(N)CC1. The van der Waals surface area contributed by atoms with Crippen molar-refractivity contribution in [2.45, 2.75) is 12.8 Å². The highest BCUT2D eigenvalue weighted by molar-refractivity contribution is 5.81. The van der Waals surface area contributed by atoms with Crippen molar-refractivity contribution in [2.75, 3.05) is 33.3 Å². The molecule has 86 valence electrons. The van der Waals surface area contributed by atoms with Gasteiger partial charge in [0.1, 0.15) is 0 Å². The van der Waals surface area contributed by atoms with E-state index in [1.54, 1.807) is 9.91 Å². The number of nitrogens with two attached hydrogens (primary N) is 1. The van der Waals surface area contributed by atoms with E-state index in [9.17, 15) is 9.59 Å². The lowest BCUT2D eigenvalue weighted by Crippen LogP contribution is -2.51. The molecule has 0 aliphatic carbocycles. The Balaban J connectivity index is 2.25. The highest BCUT2D eigenvalue weighted by Crippen LogP contribution is 2.03. The normalized spacial score (nSPS) is 17.6. The van der Waals surface area contributed by atoms with Crippen LogP contribution in [-0.2, 0) is 14.3 Å². The third-order valence-corrected chi connectivity index (χ3v) is 2.44. The smallest absolute Gasteiger partial charge is 0.306 e. The van der Waals surface area contributed by atoms with Crippen LogP contribution in [0.1, 0.15) is 12.8 Å². The number of esters is 1. The van der Waals surface area contributed by atoms with E-state index in [0.717, 1.165) is 0 Å². The molecule has 15 heavy (non-hydrogen) atoms. The summed E-state index contributed by atoms with van der Waals surface area (Å²) < 4.78 is 4.47. The number of amides is 1. The molecule has 6 nitrogen and oxygen atoms in total. The summed E-state index contributed by atoms with van der Waals surface area (Å²) in [7, 11) is 1.32. The number of carbonyl (C=O) groups excluding carboxylic acids is 2. The molecule has 1 saturated heterocycles. The largest absolute Gasteiger partial charge is 0.469 e. The summed E-state index contributed by atoms with van der Waals surface area (Å²) >= 11 is 0. The Labute approximate surface area is 88.9 Å². The monoisotopic (exact) mass is 215 g/mol. The molecular formula is C9H17N3O3. The molecule has 0 spiro atoms. The Bertz CT molecular complexity index is 237. The van der Waals surface area contributed by atoms with E-state index in [1.165, 1.54) is 7.11 Å². The Hall–Kier alpha value is -1.14. The lowest BCUT2D eigenvalue weighted by molar-refractivity contribution is -0.144. The Kier molecular flexibility index (Phi) is 4.51. The first-order valence-corrected chi connectivity index (χ1v) is 4.97. The summed E-state index contributed by atoms with van der Waals surface area (Å²) in [5, 5.41) is 1.68. The molecule has 1 amide bonds. The van der Waals surface area contributed by atoms with Gasteiger partial charge in [0.2, 0.25) is 5.91 Å². The fourth-order valence-electron chi connectivity index (χ4n) is 1.44. The van der Waals surface area contributed by atoms with Gasteiger partial charge < -0.3 is 9.64 Å². The van der Waals surface area contributed by atoms with Gasteiger partial charge in [0.25, 0.3) is 0 Å². The summed E-state index contributed by atoms with van der Waals surface area (Å²) in [5.41, 5.74) is 0. The topological polar surface area (TPSA) is 75.9 Å². The first-order valence-electron chi connectivity index (χ1n) is 4.97. The maximum Gasteiger partial charge on any atom is 0.306 e. The van der Waals surface area contributed by atoms with Gasteiger partial charge in [-0.2, -0.15) is 0 Å². The van der Waals surface area contributed by atoms with Crippen molar-refractivity contribution in [3.8, 4) is 0 Å². The van der Waals surface area contributed by atoms with Crippen molar-refractivity contribution in [1.82, 2.24) is 9.91 Å². The summed E-state index contributed by atoms with van der Waals surface area (Å²) in [4.78, 5) is 24.1. The van der Waals surface area contributed by atoms with Crippen LogP contribution in [0.25, 0.3) is 0 Å². The predicted molar refractivity (Wildman–Crippen MR) is 53.6 cm³/mol. The number of nitrogens with zero attached hydrogens (tertiary/aromatic N) is 2. The number of ether oxygens (including phenoxy) is 1. The number of methoxy groups -OCH3 is 1. The average Bonchev–Trinajstić information content (AvgIpc) is 2.26. The molecule has 0 aromatic heterocycles. The maximum atomic E-state index is 11.6. The molecular weight excluding hydrogens is 198 g/mol. The first-order chi connectivity index (χ1) is 7.13. The van der Waals surface area contributed by atoms with Gasteiger partial charge in [-0.05, 0) is 0 Å². The molecule has 1 aliphatic rings. The quantitative estimate of drug-likeness (QED) is 0.480. The standard InChI is InChI=1S/C9H17N3O3/c1-15-9(14)3-2-8(13)11-4-6-12(10)7-5-11/h2-7,10H2,1H3. The molecule has 0 saturated carbocycles. The molecule has 1 heterocycles. The van der Waals surface area contributed by atoms with E-state index < -0.39 is 0 Å². The van der Waals surface area contributed by atoms with Crippen LogP contribution in [0.5, 0.6) is 0 Å². The Morgan fingerprint density at radius 3 is 2.33 bits per heavy atom. The molecule has 0 radical (unpaired) electrons. The van der Waals surface area contributed by atoms with E-state index in [0.29, 0.717) is 26.2 Å². The van der Waals surface area contributed by atoms with Gasteiger partial charge in [-0.25, -0.2) is 5.01 Å². The van der Waals surface area contributed by atoms with Gasteiger partial charge in [0, 0.05) is 32.6 Å². The highest BCUT2D eigenvalue weighted by Gasteiger charge is 2.19. The number of hydrogen-bond acceptors (Lipinski definition) is 5. The van der Waals surface area contributed by atoms with Gasteiger partial charge >= 0.3 is 5.97 Å². The number of hydrogen-bond donors (Lipinski definition) is 1. The van der Waals surface area contributed by atoms with E-state index in [2.05, 4.69) is 4.74 Å². The van der Waals surface area contributed by atoms with Crippen LogP contribution < -0.4 is 5.84 Å². The van der Waals surface area contributed by atoms with Crippen LogP contribution in [0.2, 0.25) is 0 Å². The van der Waals surface area contributed by atoms with Crippen molar-refractivity contribution in [3.63, 3.8) is 0 Å². The average molecular weight is 215 g/mol. The minimum Gasteiger partial charge on any atom is -0.469 e. The zero-order chi connectivity index (χ0) is 11.3. The van der Waals surface area contributed by atoms with Crippen molar-refractivity contribution < 1.29 is 14.3 Å². The third kappa shape index (κ3) is 3.85. The van der Waals surface area contributed by atoms with Crippen LogP contribution in [0, 0.1) is 0 Å². The molecule has 0 unspecified atom stereocenters. The molecule has 1 rings (SSSR count). The van der Waals surface area contributed by atoms with Crippen LogP contribution in [0.15, 0.2) is 0 Å². The minimum atomic E-state index is -0.346. The fraction of sp³-hybridized carbons (Fsp3) is 0.778. The van der Waals surface area contributed by atoms with Gasteiger partial charge in [-0.15, -0.1) is 0 Å². The molecule has 2 N–H and O–H groups in total. The molecule has 0 bridgehead atoms. The highest BCUT2D eigenvalue weighted by atomic mass is 16.5. The zero-order valence-corrected chi connectivity index (χ0v) is 8.94. The molecule has 0 aromatic rings. The first kappa shape index (κ1) is 11.9. The van der Waals surface area contributed by atoms with Crippen molar-refractivity contribution in [1.29, 1.82) is 0 Å². The molecule has 0 aromatic carbocycles. The van der Waals surface area contributed by atoms with E-state index in [-0.39, 0.29) is 24.7 Å². The Morgan fingerprint density at radius 2 is 1.80 bits per heavy atom. The summed E-state index contributed by atoms with van der Waals surface area (Å²) in [6.07, 6.45) is 0.370. The molecule has 1 fully saturated rings. The predicted octanol–water partition coefficient (Wildman–Crippen LogP) is -1.04. The lowest BCUT2D eigenvalue weighted by Gasteiger charge is -2.31. The maximum absolute atomic E-state index is 11.6. The van der Waals surface area contributed by atoms with Gasteiger partial charge in [-0.3, -0.25) is 15.4 Å². The van der Waals surface area contributed by atoms with Gasteiger partial charge in [-0.1, -0.05) is 0 Å². The lowest BCUT2D eigenvalue weighted by atomic mass is 10.2. The van der Waals surface area contributed by atoms with Crippen LogP contribution in [0.4, 0.5) is 0 Å². The number of carbonyl (C=O) groups is 2. The molecule has 1 aliphatic heterocycles. The Morgan fingerprint density at radius 1 is 1.20 bits per heavy atom. The van der Waals surface area contributed by atoms with Gasteiger partial charge in [0.05, 0.1) is 13.5 Å². The fourth-order valence-corrected chi connectivity index (χ4v) is 1.44. The van der Waals surface area contributed by atoms with Crippen LogP contribution >= 0.6 is 0 Å². The number of rotatable bonds is 3. The second-order valence-corrected chi connectivity index (χ2v) is 3.49. The minimum absolute atomic E-state index is 0.00602. The second-order valence-electron chi connectivity index (χ2n) is 3.49. The van der Waals surface area contributed by atoms with Crippen LogP contribution in [-0.4, -0.2) is 55.1 Å². The van der Waals surface area contributed by atoms with E-state index in [4.69, 9.17) is 5.84 Å². The second kappa shape index (κ2) is 5.67. The van der Waals surface area contributed by atoms with Crippen molar-refractivity contribution in [2.24, 2.45) is 5.84 Å². The van der Waals surface area contributed by atoms with E-state index in [1.807, 2.05) is 0 Å². The number of piperazine rings is 1. The van der Waals surface area contributed by atoms with Crippen molar-refractivity contribution in [3.05, 3.63) is 0 Å². The summed E-state index contributed by atoms with van der Waals surface area (Å²) in [6, 6.07) is 0. The summed E-state index contributed by atoms with van der Waals surface area (Å²) in [5.74, 6) is 5.21. The number of hydrazine groups is 1. The third-order valence-electron chi connectivity index (χ3n) is 2.44. The van der Waals surface area contributed by atoms with Crippen LogP contribution in [0.3, 0.4) is 0 Å². The summed E-state index contributed by atoms with van der Waals surface area (Å²) in [6.45, 7) is 2.64. The zero-order valence-electron chi connectivity index (χ0n) is 8.94. The molecule has 6 heteroatoms. The van der Waals surface area contributed by atoms with Crippen molar-refractivity contribution >= 4 is 11.9 Å².